The summed E-state index contributed by atoms with van der Waals surface area (Å²) in [5.74, 6) is 4.82. The third-order valence-electron chi connectivity index (χ3n) is 2.30. The molecule has 0 bridgehead atoms. The van der Waals surface area contributed by atoms with E-state index in [1.807, 2.05) is 0 Å². The number of rotatable bonds is 2. The fraction of sp³-hybridized carbons (Fsp3) is 0.0909. The Labute approximate surface area is 120 Å². The third kappa shape index (κ3) is 3.09. The zero-order valence-corrected chi connectivity index (χ0v) is 11.3. The summed E-state index contributed by atoms with van der Waals surface area (Å²) in [5, 5.41) is 1.56. The molecule has 0 unspecified atom stereocenters. The minimum atomic E-state index is -4.57. The molecule has 0 aliphatic rings. The van der Waals surface area contributed by atoms with Gasteiger partial charge in [0, 0.05) is 16.0 Å². The molecule has 20 heavy (non-hydrogen) atoms. The monoisotopic (exact) mass is 321 g/mol. The molecule has 1 amide bonds. The van der Waals surface area contributed by atoms with Gasteiger partial charge >= 0.3 is 6.18 Å². The van der Waals surface area contributed by atoms with Crippen molar-refractivity contribution in [2.45, 2.75) is 6.18 Å². The summed E-state index contributed by atoms with van der Waals surface area (Å²) in [4.78, 5) is 15.3. The first kappa shape index (κ1) is 14.8. The molecule has 0 radical (unpaired) electrons. The van der Waals surface area contributed by atoms with Crippen molar-refractivity contribution in [1.29, 1.82) is 0 Å². The third-order valence-corrected chi connectivity index (χ3v) is 3.39. The predicted octanol–water partition coefficient (Wildman–Crippen LogP) is 3.34. The fourth-order valence-electron chi connectivity index (χ4n) is 1.32. The fourth-order valence-corrected chi connectivity index (χ4v) is 2.20. The summed E-state index contributed by atoms with van der Waals surface area (Å²) in [6, 6.07) is 5.79. The van der Waals surface area contributed by atoms with Crippen molar-refractivity contribution in [3.8, 4) is 0 Å². The highest BCUT2D eigenvalue weighted by atomic mass is 35.5. The first-order chi connectivity index (χ1) is 9.29. The molecule has 106 valence electrons. The van der Waals surface area contributed by atoms with Crippen LogP contribution in [0.2, 0.25) is 5.02 Å². The highest BCUT2D eigenvalue weighted by Gasteiger charge is 2.34. The number of aromatic nitrogens is 1. The number of thiazole rings is 1. The quantitative estimate of drug-likeness (QED) is 0.524. The minimum absolute atomic E-state index is 0.195. The maximum Gasteiger partial charge on any atom is 0.434 e. The molecule has 4 nitrogen and oxygen atoms in total. The van der Waals surface area contributed by atoms with Crippen molar-refractivity contribution >= 4 is 34.0 Å². The van der Waals surface area contributed by atoms with Gasteiger partial charge in [-0.3, -0.25) is 4.79 Å². The van der Waals surface area contributed by atoms with Crippen LogP contribution in [0, 0.1) is 0 Å². The number of alkyl halides is 3. The van der Waals surface area contributed by atoms with E-state index < -0.39 is 17.8 Å². The number of hydrogen-bond acceptors (Lipinski definition) is 4. The van der Waals surface area contributed by atoms with Crippen LogP contribution in [0.3, 0.4) is 0 Å². The molecule has 1 aromatic heterocycles. The van der Waals surface area contributed by atoms with Gasteiger partial charge in [-0.15, -0.1) is 11.3 Å². The average Bonchev–Trinajstić information content (AvgIpc) is 2.87. The predicted molar refractivity (Wildman–Crippen MR) is 69.6 cm³/mol. The molecule has 0 saturated heterocycles. The summed E-state index contributed by atoms with van der Waals surface area (Å²) in [5.41, 5.74) is -0.891. The van der Waals surface area contributed by atoms with Crippen LogP contribution in [0.15, 0.2) is 29.6 Å². The normalized spacial score (nSPS) is 11.4. The van der Waals surface area contributed by atoms with Gasteiger partial charge in [-0.05, 0) is 24.3 Å². The average molecular weight is 322 g/mol. The lowest BCUT2D eigenvalue weighted by Crippen LogP contribution is -2.37. The van der Waals surface area contributed by atoms with Gasteiger partial charge in [0.15, 0.2) is 5.69 Å². The Hall–Kier alpha value is -1.64. The van der Waals surface area contributed by atoms with Crippen LogP contribution in [0.1, 0.15) is 16.1 Å². The van der Waals surface area contributed by atoms with Crippen LogP contribution < -0.4 is 10.9 Å². The minimum Gasteiger partial charge on any atom is -0.267 e. The summed E-state index contributed by atoms with van der Waals surface area (Å²) in [7, 11) is 0. The van der Waals surface area contributed by atoms with E-state index in [1.165, 1.54) is 24.3 Å². The first-order valence-corrected chi connectivity index (χ1v) is 6.42. The van der Waals surface area contributed by atoms with Gasteiger partial charge in [-0.1, -0.05) is 11.6 Å². The molecule has 0 fully saturated rings. The zero-order chi connectivity index (χ0) is 14.9. The van der Waals surface area contributed by atoms with E-state index in [-0.39, 0.29) is 10.7 Å². The van der Waals surface area contributed by atoms with E-state index >= 15 is 0 Å². The van der Waals surface area contributed by atoms with Crippen molar-refractivity contribution in [2.75, 3.05) is 5.01 Å². The molecule has 2 aromatic rings. The molecule has 1 aromatic carbocycles. The maximum atomic E-state index is 12.4. The van der Waals surface area contributed by atoms with Crippen molar-refractivity contribution < 1.29 is 18.0 Å². The van der Waals surface area contributed by atoms with E-state index in [2.05, 4.69) is 4.98 Å². The molecule has 0 aliphatic heterocycles. The second-order valence-electron chi connectivity index (χ2n) is 3.70. The molecular formula is C11H7ClF3N3OS. The van der Waals surface area contributed by atoms with Crippen LogP contribution in [-0.4, -0.2) is 10.9 Å². The number of hydrogen-bond donors (Lipinski definition) is 1. The van der Waals surface area contributed by atoms with Crippen molar-refractivity contribution in [2.24, 2.45) is 5.84 Å². The van der Waals surface area contributed by atoms with E-state index in [1.54, 1.807) is 0 Å². The summed E-state index contributed by atoms with van der Waals surface area (Å²) >= 11 is 6.31. The SMILES string of the molecule is NN(C(=O)c1ccc(Cl)cc1)c1nc(C(F)(F)F)cs1. The van der Waals surface area contributed by atoms with Crippen LogP contribution in [0.5, 0.6) is 0 Å². The molecule has 0 spiro atoms. The largest absolute Gasteiger partial charge is 0.434 e. The van der Waals surface area contributed by atoms with Gasteiger partial charge in [0.1, 0.15) is 0 Å². The van der Waals surface area contributed by atoms with Crippen molar-refractivity contribution in [1.82, 2.24) is 4.98 Å². The smallest absolute Gasteiger partial charge is 0.267 e. The second-order valence-corrected chi connectivity index (χ2v) is 4.97. The van der Waals surface area contributed by atoms with Crippen LogP contribution in [0.4, 0.5) is 18.3 Å². The Morgan fingerprint density at radius 2 is 1.90 bits per heavy atom. The highest BCUT2D eigenvalue weighted by Crippen LogP contribution is 2.32. The topological polar surface area (TPSA) is 59.2 Å². The van der Waals surface area contributed by atoms with Crippen molar-refractivity contribution in [3.05, 3.63) is 45.9 Å². The summed E-state index contributed by atoms with van der Waals surface area (Å²) in [6.07, 6.45) is -4.57. The number of amides is 1. The Morgan fingerprint density at radius 1 is 1.30 bits per heavy atom. The Bertz CT molecular complexity index is 627. The molecule has 2 N–H and O–H groups in total. The Kier molecular flexibility index (Phi) is 3.98. The van der Waals surface area contributed by atoms with Crippen LogP contribution in [-0.2, 0) is 6.18 Å². The molecule has 0 saturated carbocycles. The van der Waals surface area contributed by atoms with Crippen LogP contribution >= 0.6 is 22.9 Å². The number of carbonyl (C=O) groups excluding carboxylic acids is 1. The number of anilines is 1. The molecule has 0 atom stereocenters. The van der Waals surface area contributed by atoms with Gasteiger partial charge in [0.25, 0.3) is 5.91 Å². The molecule has 9 heteroatoms. The first-order valence-electron chi connectivity index (χ1n) is 5.16. The molecule has 1 heterocycles. The lowest BCUT2D eigenvalue weighted by atomic mass is 10.2. The van der Waals surface area contributed by atoms with Gasteiger partial charge < -0.3 is 0 Å². The number of nitrogens with zero attached hydrogens (tertiary/aromatic N) is 2. The van der Waals surface area contributed by atoms with Crippen molar-refractivity contribution in [3.63, 3.8) is 0 Å². The van der Waals surface area contributed by atoms with Gasteiger partial charge in [-0.2, -0.15) is 13.2 Å². The van der Waals surface area contributed by atoms with Gasteiger partial charge in [0.2, 0.25) is 5.13 Å². The number of benzene rings is 1. The van der Waals surface area contributed by atoms with E-state index in [4.69, 9.17) is 17.4 Å². The molecular weight excluding hydrogens is 315 g/mol. The highest BCUT2D eigenvalue weighted by molar-refractivity contribution is 7.14. The van der Waals surface area contributed by atoms with Gasteiger partial charge in [-0.25, -0.2) is 15.8 Å². The van der Waals surface area contributed by atoms with Gasteiger partial charge in [0.05, 0.1) is 0 Å². The number of hydrazine groups is 1. The Balaban J connectivity index is 2.22. The molecule has 0 aliphatic carbocycles. The second kappa shape index (κ2) is 5.39. The Morgan fingerprint density at radius 3 is 2.40 bits per heavy atom. The van der Waals surface area contributed by atoms with E-state index in [0.717, 1.165) is 5.38 Å². The van der Waals surface area contributed by atoms with E-state index in [0.29, 0.717) is 21.4 Å². The maximum absolute atomic E-state index is 12.4. The molecule has 2 rings (SSSR count). The lowest BCUT2D eigenvalue weighted by Gasteiger charge is -2.13. The number of nitrogens with two attached hydrogens (primary N) is 1. The summed E-state index contributed by atoms with van der Waals surface area (Å²) in [6.45, 7) is 0. The standard InChI is InChI=1S/C11H7ClF3N3OS/c12-7-3-1-6(2-4-7)9(19)18(16)10-17-8(5-20-10)11(13,14)15/h1-5H,16H2. The number of carbonyl (C=O) groups is 1. The van der Waals surface area contributed by atoms with Crippen LogP contribution in [0.25, 0.3) is 0 Å². The van der Waals surface area contributed by atoms with E-state index in [9.17, 15) is 18.0 Å². The summed E-state index contributed by atoms with van der Waals surface area (Å²) < 4.78 is 37.3. The lowest BCUT2D eigenvalue weighted by molar-refractivity contribution is -0.140. The number of halogens is 4. The zero-order valence-electron chi connectivity index (χ0n) is 9.69.